The minimum Gasteiger partial charge on any atom is -0.360 e. The fraction of sp³-hybridized carbons (Fsp3) is 0.600. The molecule has 0 saturated carbocycles. The molecule has 0 aliphatic carbocycles. The Morgan fingerprint density at radius 2 is 1.94 bits per heavy atom. The summed E-state index contributed by atoms with van der Waals surface area (Å²) in [5.74, 6) is 0.257. The van der Waals surface area contributed by atoms with Gasteiger partial charge in [-0.1, -0.05) is 0 Å². The minimum absolute atomic E-state index is 0.0883. The first-order chi connectivity index (χ1) is 8.39. The van der Waals surface area contributed by atoms with Crippen LogP contribution < -0.4 is 9.80 Å². The van der Waals surface area contributed by atoms with E-state index in [1.54, 1.807) is 23.9 Å². The van der Waals surface area contributed by atoms with Crippen LogP contribution in [0.25, 0.3) is 0 Å². The smallest absolute Gasteiger partial charge is 0.227 e. The molecule has 1 aliphatic rings. The molecular weight excluding hydrogens is 259 g/mol. The zero-order valence-corrected chi connectivity index (χ0v) is 11.1. The third-order valence-electron chi connectivity index (χ3n) is 2.76. The first kappa shape index (κ1) is 13.0. The van der Waals surface area contributed by atoms with Crippen molar-refractivity contribution in [1.29, 1.82) is 0 Å². The van der Waals surface area contributed by atoms with E-state index >= 15 is 0 Å². The number of rotatable bonds is 2. The summed E-state index contributed by atoms with van der Waals surface area (Å²) in [6.07, 6.45) is 1.11. The zero-order valence-electron chi connectivity index (χ0n) is 10.3. The zero-order chi connectivity index (χ0) is 13.3. The first-order valence-corrected chi connectivity index (χ1v) is 7.36. The van der Waals surface area contributed by atoms with E-state index in [1.807, 2.05) is 0 Å². The van der Waals surface area contributed by atoms with Crippen molar-refractivity contribution in [3.63, 3.8) is 0 Å². The summed E-state index contributed by atoms with van der Waals surface area (Å²) in [6, 6.07) is 0. The highest BCUT2D eigenvalue weighted by Gasteiger charge is 2.24. The molecule has 1 saturated heterocycles. The monoisotopic (exact) mass is 274 g/mol. The number of aromatic nitrogens is 2. The van der Waals surface area contributed by atoms with E-state index in [0.717, 1.165) is 6.20 Å². The van der Waals surface area contributed by atoms with Crippen molar-refractivity contribution < 1.29 is 12.8 Å². The van der Waals surface area contributed by atoms with Crippen molar-refractivity contribution in [2.75, 3.05) is 48.5 Å². The average Bonchev–Trinajstić information content (AvgIpc) is 2.30. The van der Waals surface area contributed by atoms with Crippen molar-refractivity contribution in [2.24, 2.45) is 0 Å². The minimum atomic E-state index is -2.94. The average molecular weight is 274 g/mol. The molecule has 8 heteroatoms. The van der Waals surface area contributed by atoms with Gasteiger partial charge in [-0.2, -0.15) is 4.98 Å². The second kappa shape index (κ2) is 4.68. The molecule has 18 heavy (non-hydrogen) atoms. The fourth-order valence-electron chi connectivity index (χ4n) is 1.73. The second-order valence-electron chi connectivity index (χ2n) is 4.37. The molecule has 0 aromatic carbocycles. The standard InChI is InChI=1S/C10H15FN4O2S/c1-14(2)9-8(11)7-12-10(13-9)15-3-5-18(16,17)6-4-15/h7H,3-6H2,1-2H3. The predicted octanol–water partition coefficient (Wildman–Crippen LogP) is -0.0835. The highest BCUT2D eigenvalue weighted by molar-refractivity contribution is 7.91. The maximum atomic E-state index is 13.4. The van der Waals surface area contributed by atoms with Crippen LogP contribution in [-0.4, -0.2) is 57.1 Å². The number of hydrogen-bond donors (Lipinski definition) is 0. The van der Waals surface area contributed by atoms with Crippen LogP contribution in [0.3, 0.4) is 0 Å². The molecular formula is C10H15FN4O2S. The Bertz CT molecular complexity index is 533. The van der Waals surface area contributed by atoms with Crippen molar-refractivity contribution in [2.45, 2.75) is 0 Å². The Morgan fingerprint density at radius 1 is 1.33 bits per heavy atom. The van der Waals surface area contributed by atoms with E-state index in [0.29, 0.717) is 19.0 Å². The van der Waals surface area contributed by atoms with Gasteiger partial charge in [-0.3, -0.25) is 0 Å². The van der Waals surface area contributed by atoms with Gasteiger partial charge in [0.15, 0.2) is 21.5 Å². The van der Waals surface area contributed by atoms with E-state index < -0.39 is 15.7 Å². The molecule has 0 N–H and O–H groups in total. The lowest BCUT2D eigenvalue weighted by Crippen LogP contribution is -2.41. The van der Waals surface area contributed by atoms with E-state index in [4.69, 9.17) is 0 Å². The molecule has 0 atom stereocenters. The fourth-order valence-corrected chi connectivity index (χ4v) is 2.93. The molecule has 6 nitrogen and oxygen atoms in total. The van der Waals surface area contributed by atoms with Gasteiger partial charge >= 0.3 is 0 Å². The van der Waals surface area contributed by atoms with E-state index in [9.17, 15) is 12.8 Å². The van der Waals surface area contributed by atoms with Crippen molar-refractivity contribution in [3.05, 3.63) is 12.0 Å². The molecule has 2 rings (SSSR count). The van der Waals surface area contributed by atoms with Gasteiger partial charge in [0.05, 0.1) is 17.7 Å². The quantitative estimate of drug-likeness (QED) is 0.751. The van der Waals surface area contributed by atoms with Crippen LogP contribution in [0, 0.1) is 5.82 Å². The van der Waals surface area contributed by atoms with Crippen LogP contribution >= 0.6 is 0 Å². The Labute approximate surface area is 105 Å². The highest BCUT2D eigenvalue weighted by atomic mass is 32.2. The Kier molecular flexibility index (Phi) is 3.38. The van der Waals surface area contributed by atoms with E-state index in [2.05, 4.69) is 9.97 Å². The Balaban J connectivity index is 2.22. The topological polar surface area (TPSA) is 66.4 Å². The van der Waals surface area contributed by atoms with Crippen molar-refractivity contribution >= 4 is 21.6 Å². The second-order valence-corrected chi connectivity index (χ2v) is 6.68. The van der Waals surface area contributed by atoms with Gasteiger partial charge in [0, 0.05) is 27.2 Å². The number of anilines is 2. The number of nitrogens with zero attached hydrogens (tertiary/aromatic N) is 4. The van der Waals surface area contributed by atoms with Gasteiger partial charge in [-0.25, -0.2) is 17.8 Å². The van der Waals surface area contributed by atoms with Gasteiger partial charge in [0.25, 0.3) is 0 Å². The lowest BCUT2D eigenvalue weighted by atomic mass is 10.5. The SMILES string of the molecule is CN(C)c1nc(N2CCS(=O)(=O)CC2)ncc1F. The lowest BCUT2D eigenvalue weighted by molar-refractivity contribution is 0.583. The van der Waals surface area contributed by atoms with Gasteiger partial charge in [-0.15, -0.1) is 0 Å². The van der Waals surface area contributed by atoms with Gasteiger partial charge < -0.3 is 9.80 Å². The van der Waals surface area contributed by atoms with Crippen molar-refractivity contribution in [1.82, 2.24) is 9.97 Å². The summed E-state index contributed by atoms with van der Waals surface area (Å²) >= 11 is 0. The molecule has 1 aromatic heterocycles. The van der Waals surface area contributed by atoms with Crippen LogP contribution in [0.2, 0.25) is 0 Å². The molecule has 2 heterocycles. The number of sulfone groups is 1. The number of hydrogen-bond acceptors (Lipinski definition) is 6. The normalized spacial score (nSPS) is 18.7. The molecule has 1 fully saturated rings. The maximum Gasteiger partial charge on any atom is 0.227 e. The van der Waals surface area contributed by atoms with E-state index in [1.165, 1.54) is 0 Å². The summed E-state index contributed by atoms with van der Waals surface area (Å²) < 4.78 is 36.1. The van der Waals surface area contributed by atoms with Crippen LogP contribution in [-0.2, 0) is 9.84 Å². The van der Waals surface area contributed by atoms with E-state index in [-0.39, 0.29) is 17.3 Å². The van der Waals surface area contributed by atoms with Gasteiger partial charge in [-0.05, 0) is 0 Å². The number of halogens is 1. The van der Waals surface area contributed by atoms with Gasteiger partial charge in [0.2, 0.25) is 5.95 Å². The summed E-state index contributed by atoms with van der Waals surface area (Å²) in [4.78, 5) is 11.3. The third kappa shape index (κ3) is 2.69. The molecule has 0 radical (unpaired) electrons. The van der Waals surface area contributed by atoms with Gasteiger partial charge in [0.1, 0.15) is 0 Å². The molecule has 0 spiro atoms. The summed E-state index contributed by atoms with van der Waals surface area (Å²) in [7, 11) is 0.441. The van der Waals surface area contributed by atoms with Crippen LogP contribution in [0.4, 0.5) is 16.2 Å². The maximum absolute atomic E-state index is 13.4. The van der Waals surface area contributed by atoms with Crippen LogP contribution in [0.5, 0.6) is 0 Å². The molecule has 0 bridgehead atoms. The summed E-state index contributed by atoms with van der Waals surface area (Å²) in [6.45, 7) is 0.696. The van der Waals surface area contributed by atoms with Crippen LogP contribution in [0.1, 0.15) is 0 Å². The third-order valence-corrected chi connectivity index (χ3v) is 4.37. The van der Waals surface area contributed by atoms with Crippen molar-refractivity contribution in [3.8, 4) is 0 Å². The summed E-state index contributed by atoms with van der Waals surface area (Å²) in [5, 5.41) is 0. The molecule has 0 unspecified atom stereocenters. The Hall–Kier alpha value is -1.44. The highest BCUT2D eigenvalue weighted by Crippen LogP contribution is 2.18. The van der Waals surface area contributed by atoms with Crippen LogP contribution in [0.15, 0.2) is 6.20 Å². The predicted molar refractivity (Wildman–Crippen MR) is 67.2 cm³/mol. The molecule has 0 amide bonds. The molecule has 1 aromatic rings. The first-order valence-electron chi connectivity index (χ1n) is 5.54. The Morgan fingerprint density at radius 3 is 2.50 bits per heavy atom. The molecule has 1 aliphatic heterocycles. The summed E-state index contributed by atoms with van der Waals surface area (Å²) in [5.41, 5.74) is 0. The lowest BCUT2D eigenvalue weighted by Gasteiger charge is -2.27. The largest absolute Gasteiger partial charge is 0.360 e. The molecule has 100 valence electrons.